The van der Waals surface area contributed by atoms with Crippen molar-refractivity contribution in [3.63, 3.8) is 0 Å². The van der Waals surface area contributed by atoms with Crippen LogP contribution in [-0.4, -0.2) is 15.1 Å². The van der Waals surface area contributed by atoms with E-state index in [4.69, 9.17) is 10.3 Å². The zero-order valence-electron chi connectivity index (χ0n) is 11.2. The van der Waals surface area contributed by atoms with E-state index in [1.807, 2.05) is 30.3 Å². The number of halogens is 1. The second kappa shape index (κ2) is 6.15. The molecule has 106 valence electrons. The Morgan fingerprint density at radius 1 is 1.14 bits per heavy atom. The molecule has 0 atom stereocenters. The molecule has 0 unspecified atom stereocenters. The highest BCUT2D eigenvalue weighted by Gasteiger charge is 2.11. The molecule has 3 rings (SSSR count). The number of benzene rings is 1. The van der Waals surface area contributed by atoms with Gasteiger partial charge in [0.2, 0.25) is 11.7 Å². The van der Waals surface area contributed by atoms with Gasteiger partial charge >= 0.3 is 0 Å². The Kier molecular flexibility index (Phi) is 4.08. The fourth-order valence-corrected chi connectivity index (χ4v) is 2.43. The summed E-state index contributed by atoms with van der Waals surface area (Å²) in [5, 5.41) is 4.00. The second-order valence-corrected chi connectivity index (χ2v) is 5.47. The van der Waals surface area contributed by atoms with Crippen LogP contribution in [0.3, 0.4) is 0 Å². The lowest BCUT2D eigenvalue weighted by atomic mass is 10.0. The molecule has 0 aliphatic heterocycles. The van der Waals surface area contributed by atoms with Crippen molar-refractivity contribution in [1.29, 1.82) is 0 Å². The normalized spacial score (nSPS) is 10.8. The number of nitrogens with zero attached hydrogens (tertiary/aromatic N) is 3. The van der Waals surface area contributed by atoms with Crippen molar-refractivity contribution in [2.45, 2.75) is 13.0 Å². The second-order valence-electron chi connectivity index (χ2n) is 4.55. The summed E-state index contributed by atoms with van der Waals surface area (Å²) >= 11 is 3.38. The number of hydrogen-bond donors (Lipinski definition) is 1. The van der Waals surface area contributed by atoms with E-state index < -0.39 is 0 Å². The van der Waals surface area contributed by atoms with Crippen molar-refractivity contribution in [1.82, 2.24) is 15.1 Å². The summed E-state index contributed by atoms with van der Waals surface area (Å²) in [6, 6.07) is 9.87. The molecule has 0 spiro atoms. The van der Waals surface area contributed by atoms with Gasteiger partial charge in [-0.25, -0.2) is 0 Å². The summed E-state index contributed by atoms with van der Waals surface area (Å²) in [6.45, 7) is 0.493. The average molecular weight is 345 g/mol. The zero-order valence-corrected chi connectivity index (χ0v) is 12.7. The number of nitrogens with two attached hydrogens (primary N) is 1. The van der Waals surface area contributed by atoms with Crippen molar-refractivity contribution in [3.05, 3.63) is 64.2 Å². The maximum Gasteiger partial charge on any atom is 0.231 e. The van der Waals surface area contributed by atoms with Gasteiger partial charge in [0.1, 0.15) is 0 Å². The molecule has 0 aliphatic rings. The van der Waals surface area contributed by atoms with Gasteiger partial charge in [0.25, 0.3) is 0 Å². The molecule has 0 aliphatic carbocycles. The smallest absolute Gasteiger partial charge is 0.231 e. The molecule has 0 amide bonds. The molecule has 5 nitrogen and oxygen atoms in total. The lowest BCUT2D eigenvalue weighted by Crippen LogP contribution is -2.02. The van der Waals surface area contributed by atoms with Crippen molar-refractivity contribution in [3.8, 4) is 11.4 Å². The zero-order chi connectivity index (χ0) is 14.7. The Balaban J connectivity index is 1.85. The first-order valence-electron chi connectivity index (χ1n) is 6.46. The van der Waals surface area contributed by atoms with Gasteiger partial charge in [0, 0.05) is 29.0 Å². The third-order valence-electron chi connectivity index (χ3n) is 3.11. The lowest BCUT2D eigenvalue weighted by molar-refractivity contribution is 0.385. The Morgan fingerprint density at radius 2 is 1.95 bits per heavy atom. The first kappa shape index (κ1) is 13.9. The van der Waals surface area contributed by atoms with Gasteiger partial charge in [-0.3, -0.25) is 4.98 Å². The molecule has 2 N–H and O–H groups in total. The van der Waals surface area contributed by atoms with E-state index in [1.165, 1.54) is 0 Å². The quantitative estimate of drug-likeness (QED) is 0.787. The topological polar surface area (TPSA) is 77.8 Å². The third-order valence-corrected chi connectivity index (χ3v) is 3.54. The SMILES string of the molecule is NCc1ccccc1Cc1nc(-c2cncc(Br)c2)no1. The van der Waals surface area contributed by atoms with Gasteiger partial charge in [-0.05, 0) is 33.1 Å². The molecular weight excluding hydrogens is 332 g/mol. The summed E-state index contributed by atoms with van der Waals surface area (Å²) in [6.07, 6.45) is 3.98. The Bertz CT molecular complexity index is 757. The molecule has 0 fully saturated rings. The predicted octanol–water partition coefficient (Wildman–Crippen LogP) is 2.94. The summed E-state index contributed by atoms with van der Waals surface area (Å²) in [5.41, 5.74) is 8.73. The van der Waals surface area contributed by atoms with E-state index >= 15 is 0 Å². The van der Waals surface area contributed by atoms with Gasteiger partial charge in [0.05, 0.1) is 6.42 Å². The van der Waals surface area contributed by atoms with Crippen LogP contribution in [0.15, 0.2) is 51.7 Å². The molecule has 6 heteroatoms. The Hall–Kier alpha value is -2.05. The van der Waals surface area contributed by atoms with Crippen LogP contribution in [0.2, 0.25) is 0 Å². The molecule has 2 aromatic heterocycles. The molecule has 21 heavy (non-hydrogen) atoms. The molecular formula is C15H13BrN4O. The fraction of sp³-hybridized carbons (Fsp3) is 0.133. The van der Waals surface area contributed by atoms with Crippen LogP contribution >= 0.6 is 15.9 Å². The monoisotopic (exact) mass is 344 g/mol. The molecule has 0 saturated heterocycles. The van der Waals surface area contributed by atoms with Gasteiger partial charge < -0.3 is 10.3 Å². The van der Waals surface area contributed by atoms with Crippen molar-refractivity contribution < 1.29 is 4.52 Å². The van der Waals surface area contributed by atoms with E-state index in [9.17, 15) is 0 Å². The molecule has 0 bridgehead atoms. The van der Waals surface area contributed by atoms with Gasteiger partial charge in [-0.2, -0.15) is 4.98 Å². The van der Waals surface area contributed by atoms with E-state index in [2.05, 4.69) is 31.1 Å². The van der Waals surface area contributed by atoms with Crippen LogP contribution in [0.4, 0.5) is 0 Å². The molecule has 3 aromatic rings. The maximum atomic E-state index is 5.74. The highest BCUT2D eigenvalue weighted by Crippen LogP contribution is 2.20. The lowest BCUT2D eigenvalue weighted by Gasteiger charge is -2.03. The molecule has 0 radical (unpaired) electrons. The van der Waals surface area contributed by atoms with Crippen LogP contribution in [0.25, 0.3) is 11.4 Å². The first-order valence-corrected chi connectivity index (χ1v) is 7.26. The number of aromatic nitrogens is 3. The maximum absolute atomic E-state index is 5.74. The van der Waals surface area contributed by atoms with Gasteiger partial charge in [-0.1, -0.05) is 29.4 Å². The van der Waals surface area contributed by atoms with Crippen molar-refractivity contribution in [2.75, 3.05) is 0 Å². The van der Waals surface area contributed by atoms with Crippen LogP contribution < -0.4 is 5.73 Å². The van der Waals surface area contributed by atoms with Crippen molar-refractivity contribution in [2.24, 2.45) is 5.73 Å². The van der Waals surface area contributed by atoms with Gasteiger partial charge in [-0.15, -0.1) is 0 Å². The standard InChI is InChI=1S/C15H13BrN4O/c16-13-5-12(8-18-9-13)15-19-14(21-20-15)6-10-3-1-2-4-11(10)7-17/h1-5,8-9H,6-7,17H2. The summed E-state index contributed by atoms with van der Waals surface area (Å²) < 4.78 is 6.19. The minimum absolute atomic E-state index is 0.493. The van der Waals surface area contributed by atoms with Crippen LogP contribution in [-0.2, 0) is 13.0 Å². The van der Waals surface area contributed by atoms with E-state index in [0.717, 1.165) is 21.2 Å². The highest BCUT2D eigenvalue weighted by atomic mass is 79.9. The van der Waals surface area contributed by atoms with Crippen LogP contribution in [0, 0.1) is 0 Å². The minimum atomic E-state index is 0.493. The van der Waals surface area contributed by atoms with Crippen molar-refractivity contribution >= 4 is 15.9 Å². The fourth-order valence-electron chi connectivity index (χ4n) is 2.07. The van der Waals surface area contributed by atoms with E-state index in [1.54, 1.807) is 12.4 Å². The molecule has 1 aromatic carbocycles. The van der Waals surface area contributed by atoms with E-state index in [0.29, 0.717) is 24.7 Å². The summed E-state index contributed by atoms with van der Waals surface area (Å²) in [7, 11) is 0. The number of hydrogen-bond acceptors (Lipinski definition) is 5. The highest BCUT2D eigenvalue weighted by molar-refractivity contribution is 9.10. The largest absolute Gasteiger partial charge is 0.339 e. The Morgan fingerprint density at radius 3 is 2.71 bits per heavy atom. The summed E-state index contributed by atoms with van der Waals surface area (Å²) in [4.78, 5) is 8.51. The predicted molar refractivity (Wildman–Crippen MR) is 82.4 cm³/mol. The van der Waals surface area contributed by atoms with Crippen LogP contribution in [0.5, 0.6) is 0 Å². The average Bonchev–Trinajstić information content (AvgIpc) is 2.96. The number of rotatable bonds is 4. The minimum Gasteiger partial charge on any atom is -0.339 e. The van der Waals surface area contributed by atoms with E-state index in [-0.39, 0.29) is 0 Å². The molecule has 2 heterocycles. The summed E-state index contributed by atoms with van der Waals surface area (Å²) in [5.74, 6) is 1.09. The first-order chi connectivity index (χ1) is 10.3. The van der Waals surface area contributed by atoms with Gasteiger partial charge in [0.15, 0.2) is 0 Å². The Labute approximate surface area is 130 Å². The molecule has 0 saturated carbocycles. The van der Waals surface area contributed by atoms with Crippen LogP contribution in [0.1, 0.15) is 17.0 Å². The third kappa shape index (κ3) is 3.17. The number of pyridine rings is 1.